The molecule has 0 aliphatic heterocycles. The minimum Gasteiger partial charge on any atom is -0.382 e. The van der Waals surface area contributed by atoms with E-state index in [9.17, 15) is 13.2 Å². The third-order valence-corrected chi connectivity index (χ3v) is 1.97. The topological polar surface area (TPSA) is 60.4 Å². The van der Waals surface area contributed by atoms with Gasteiger partial charge in [-0.05, 0) is 24.6 Å². The molecule has 1 aromatic rings. The van der Waals surface area contributed by atoms with E-state index in [1.165, 1.54) is 12.1 Å². The van der Waals surface area contributed by atoms with Crippen molar-refractivity contribution in [3.05, 3.63) is 29.3 Å². The third kappa shape index (κ3) is 2.85. The lowest BCUT2D eigenvalue weighted by Crippen LogP contribution is -2.07. The Labute approximate surface area is 82.6 Å². The Hall–Kier alpha value is -1.36. The van der Waals surface area contributed by atoms with Crippen molar-refractivity contribution in [2.45, 2.75) is 6.92 Å². The van der Waals surface area contributed by atoms with Crippen LogP contribution < -0.4 is 4.18 Å². The van der Waals surface area contributed by atoms with Crippen LogP contribution in [0.5, 0.6) is 5.75 Å². The van der Waals surface area contributed by atoms with Gasteiger partial charge in [-0.25, -0.2) is 0 Å². The second-order valence-electron chi connectivity index (χ2n) is 2.89. The van der Waals surface area contributed by atoms with Crippen molar-refractivity contribution in [2.24, 2.45) is 0 Å². The van der Waals surface area contributed by atoms with Crippen LogP contribution in [0.4, 0.5) is 0 Å². The highest BCUT2D eigenvalue weighted by Gasteiger charge is 2.09. The lowest BCUT2D eigenvalue weighted by molar-refractivity contribution is 0.491. The minimum absolute atomic E-state index is 0.0162. The molecular formula is C9H9O4S. The fourth-order valence-electron chi connectivity index (χ4n) is 0.946. The van der Waals surface area contributed by atoms with Gasteiger partial charge in [0.25, 0.3) is 0 Å². The van der Waals surface area contributed by atoms with Crippen LogP contribution >= 0.6 is 0 Å². The molecule has 0 heterocycles. The summed E-state index contributed by atoms with van der Waals surface area (Å²) in [5.74, 6) is 0.0162. The molecule has 0 fully saturated rings. The monoisotopic (exact) mass is 213 g/mol. The van der Waals surface area contributed by atoms with E-state index in [0.29, 0.717) is 0 Å². The zero-order valence-electron chi connectivity index (χ0n) is 7.77. The van der Waals surface area contributed by atoms with Gasteiger partial charge >= 0.3 is 10.1 Å². The molecule has 0 N–H and O–H groups in total. The highest BCUT2D eigenvalue weighted by Crippen LogP contribution is 2.19. The van der Waals surface area contributed by atoms with Gasteiger partial charge < -0.3 is 4.18 Å². The summed E-state index contributed by atoms with van der Waals surface area (Å²) in [6, 6.07) is 4.61. The smallest absolute Gasteiger partial charge is 0.306 e. The molecule has 4 nitrogen and oxygen atoms in total. The van der Waals surface area contributed by atoms with Gasteiger partial charge in [-0.2, -0.15) is 8.42 Å². The molecule has 1 aromatic carbocycles. The zero-order valence-corrected chi connectivity index (χ0v) is 8.59. The summed E-state index contributed by atoms with van der Waals surface area (Å²) in [4.78, 5) is 10.4. The average Bonchev–Trinajstić information content (AvgIpc) is 2.01. The Bertz CT molecular complexity index is 448. The number of rotatable bonds is 3. The zero-order chi connectivity index (χ0) is 10.8. The molecule has 0 atom stereocenters. The van der Waals surface area contributed by atoms with Crippen LogP contribution in [0.2, 0.25) is 0 Å². The molecule has 1 rings (SSSR count). The summed E-state index contributed by atoms with van der Waals surface area (Å²) in [6.45, 7) is 1.77. The first-order valence-electron chi connectivity index (χ1n) is 3.80. The Morgan fingerprint density at radius 2 is 2.00 bits per heavy atom. The first-order valence-corrected chi connectivity index (χ1v) is 5.62. The molecular weight excluding hydrogens is 204 g/mol. The lowest BCUT2D eigenvalue weighted by atomic mass is 10.1. The number of hydrogen-bond acceptors (Lipinski definition) is 4. The fraction of sp³-hybridized carbons (Fsp3) is 0.222. The predicted molar refractivity (Wildman–Crippen MR) is 51.4 cm³/mol. The molecule has 0 unspecified atom stereocenters. The fourth-order valence-corrected chi connectivity index (χ4v) is 1.41. The highest BCUT2D eigenvalue weighted by molar-refractivity contribution is 7.86. The quantitative estimate of drug-likeness (QED) is 0.696. The van der Waals surface area contributed by atoms with Gasteiger partial charge in [0.1, 0.15) is 0 Å². The number of aryl methyl sites for hydroxylation is 1. The molecule has 5 heteroatoms. The van der Waals surface area contributed by atoms with E-state index in [2.05, 4.69) is 4.18 Å². The van der Waals surface area contributed by atoms with Crippen LogP contribution in [-0.2, 0) is 14.9 Å². The molecule has 75 valence electrons. The van der Waals surface area contributed by atoms with Gasteiger partial charge in [-0.1, -0.05) is 6.07 Å². The van der Waals surface area contributed by atoms with E-state index in [4.69, 9.17) is 0 Å². The Balaban J connectivity index is 3.18. The standard InChI is InChI=1S/C9H9O4S/c1-7-3-4-8(6-10)9(5-7)13-14(2,11)12/h3-5H,1-2H3. The van der Waals surface area contributed by atoms with Gasteiger partial charge in [0.15, 0.2) is 5.75 Å². The lowest BCUT2D eigenvalue weighted by Gasteiger charge is -2.05. The molecule has 0 bridgehead atoms. The van der Waals surface area contributed by atoms with Gasteiger partial charge in [0.05, 0.1) is 11.8 Å². The highest BCUT2D eigenvalue weighted by atomic mass is 32.2. The summed E-state index contributed by atoms with van der Waals surface area (Å²) in [5, 5.41) is 0. The molecule has 1 radical (unpaired) electrons. The molecule has 0 aliphatic rings. The largest absolute Gasteiger partial charge is 0.382 e. The molecule has 0 saturated carbocycles. The number of carbonyl (C=O) groups excluding carboxylic acids is 1. The summed E-state index contributed by atoms with van der Waals surface area (Å²) in [7, 11) is -3.61. The minimum atomic E-state index is -3.61. The second-order valence-corrected chi connectivity index (χ2v) is 4.46. The van der Waals surface area contributed by atoms with Gasteiger partial charge in [0.2, 0.25) is 6.29 Å². The molecule has 0 aliphatic carbocycles. The number of hydrogen-bond donors (Lipinski definition) is 0. The van der Waals surface area contributed by atoms with E-state index in [0.717, 1.165) is 11.8 Å². The van der Waals surface area contributed by atoms with Crippen molar-refractivity contribution < 1.29 is 17.4 Å². The van der Waals surface area contributed by atoms with Gasteiger partial charge in [0, 0.05) is 0 Å². The van der Waals surface area contributed by atoms with Gasteiger partial charge in [-0.15, -0.1) is 0 Å². The molecule has 0 aromatic heterocycles. The van der Waals surface area contributed by atoms with Crippen molar-refractivity contribution in [3.8, 4) is 5.75 Å². The second kappa shape index (κ2) is 3.79. The Kier molecular flexibility index (Phi) is 2.90. The van der Waals surface area contributed by atoms with Crippen LogP contribution in [0, 0.1) is 6.92 Å². The maximum Gasteiger partial charge on any atom is 0.306 e. The SMILES string of the molecule is Cc1ccc([C]=O)c(OS(C)(=O)=O)c1. The van der Waals surface area contributed by atoms with Crippen LogP contribution in [-0.4, -0.2) is 21.0 Å². The van der Waals surface area contributed by atoms with E-state index in [1.807, 2.05) is 0 Å². The first kappa shape index (κ1) is 10.7. The molecule has 0 amide bonds. The summed E-state index contributed by atoms with van der Waals surface area (Å²) in [6.07, 6.45) is 2.53. The van der Waals surface area contributed by atoms with Crippen LogP contribution in [0.25, 0.3) is 0 Å². The Morgan fingerprint density at radius 3 is 2.50 bits per heavy atom. The normalized spacial score (nSPS) is 11.0. The maximum absolute atomic E-state index is 10.8. The first-order chi connectivity index (χ1) is 6.42. The van der Waals surface area contributed by atoms with Crippen molar-refractivity contribution in [1.82, 2.24) is 0 Å². The number of benzene rings is 1. The van der Waals surface area contributed by atoms with Crippen molar-refractivity contribution >= 4 is 16.4 Å². The maximum atomic E-state index is 10.8. The van der Waals surface area contributed by atoms with E-state index in [-0.39, 0.29) is 11.3 Å². The molecule has 0 saturated heterocycles. The van der Waals surface area contributed by atoms with E-state index < -0.39 is 10.1 Å². The van der Waals surface area contributed by atoms with Crippen LogP contribution in [0.1, 0.15) is 11.1 Å². The summed E-state index contributed by atoms with van der Waals surface area (Å²) < 4.78 is 26.3. The van der Waals surface area contributed by atoms with Crippen LogP contribution in [0.15, 0.2) is 18.2 Å². The van der Waals surface area contributed by atoms with Crippen molar-refractivity contribution in [2.75, 3.05) is 6.26 Å². The van der Waals surface area contributed by atoms with E-state index >= 15 is 0 Å². The van der Waals surface area contributed by atoms with E-state index in [1.54, 1.807) is 19.3 Å². The average molecular weight is 213 g/mol. The molecule has 14 heavy (non-hydrogen) atoms. The van der Waals surface area contributed by atoms with Gasteiger partial charge in [-0.3, -0.25) is 4.79 Å². The predicted octanol–water partition coefficient (Wildman–Crippen LogP) is 0.791. The molecule has 0 spiro atoms. The summed E-state index contributed by atoms with van der Waals surface area (Å²) in [5.41, 5.74) is 0.906. The Morgan fingerprint density at radius 1 is 1.36 bits per heavy atom. The summed E-state index contributed by atoms with van der Waals surface area (Å²) >= 11 is 0. The van der Waals surface area contributed by atoms with Crippen molar-refractivity contribution in [1.29, 1.82) is 0 Å². The third-order valence-electron chi connectivity index (χ3n) is 1.49. The van der Waals surface area contributed by atoms with Crippen LogP contribution in [0.3, 0.4) is 0 Å². The van der Waals surface area contributed by atoms with Crippen molar-refractivity contribution in [3.63, 3.8) is 0 Å².